The lowest BCUT2D eigenvalue weighted by Crippen LogP contribution is -2.60. The monoisotopic (exact) mass is 270 g/mol. The maximum atomic E-state index is 9.83. The first-order valence-electron chi connectivity index (χ1n) is 6.07. The number of aryl methyl sites for hydroxylation is 1. The van der Waals surface area contributed by atoms with Crippen LogP contribution in [0.5, 0.6) is 5.75 Å². The first kappa shape index (κ1) is 14.2. The number of aliphatic hydroxyl groups is 4. The lowest BCUT2D eigenvalue weighted by molar-refractivity contribution is -0.277. The number of ether oxygens (including phenoxy) is 2. The van der Waals surface area contributed by atoms with Crippen LogP contribution in [0.2, 0.25) is 0 Å². The molecule has 1 aromatic carbocycles. The van der Waals surface area contributed by atoms with Crippen molar-refractivity contribution in [1.82, 2.24) is 0 Å². The molecule has 1 heterocycles. The Bertz CT molecular complexity index is 421. The van der Waals surface area contributed by atoms with Gasteiger partial charge in [-0.1, -0.05) is 18.2 Å². The molecule has 0 spiro atoms. The Kier molecular flexibility index (Phi) is 4.38. The number of benzene rings is 1. The topological polar surface area (TPSA) is 99.4 Å². The van der Waals surface area contributed by atoms with Crippen molar-refractivity contribution in [2.45, 2.75) is 37.6 Å². The Morgan fingerprint density at radius 3 is 2.42 bits per heavy atom. The van der Waals surface area contributed by atoms with Crippen LogP contribution in [-0.4, -0.2) is 57.7 Å². The fourth-order valence-electron chi connectivity index (χ4n) is 1.98. The van der Waals surface area contributed by atoms with Gasteiger partial charge in [-0.05, 0) is 18.6 Å². The molecule has 1 fully saturated rings. The normalized spacial score (nSPS) is 35.1. The minimum atomic E-state index is -1.43. The molecule has 19 heavy (non-hydrogen) atoms. The largest absolute Gasteiger partial charge is 0.462 e. The van der Waals surface area contributed by atoms with Crippen LogP contribution in [0, 0.1) is 6.92 Å². The van der Waals surface area contributed by atoms with Gasteiger partial charge in [-0.15, -0.1) is 0 Å². The van der Waals surface area contributed by atoms with Crippen molar-refractivity contribution >= 4 is 0 Å². The Hall–Kier alpha value is -1.18. The van der Waals surface area contributed by atoms with Gasteiger partial charge < -0.3 is 29.9 Å². The Morgan fingerprint density at radius 2 is 1.79 bits per heavy atom. The molecule has 1 aliphatic heterocycles. The maximum Gasteiger partial charge on any atom is 0.229 e. The molecule has 1 aromatic rings. The van der Waals surface area contributed by atoms with Crippen LogP contribution in [-0.2, 0) is 4.74 Å². The summed E-state index contributed by atoms with van der Waals surface area (Å²) in [5, 5.41) is 38.2. The van der Waals surface area contributed by atoms with Gasteiger partial charge in [0.15, 0.2) is 0 Å². The average molecular weight is 270 g/mol. The van der Waals surface area contributed by atoms with Gasteiger partial charge in [0, 0.05) is 0 Å². The highest BCUT2D eigenvalue weighted by Crippen LogP contribution is 2.25. The van der Waals surface area contributed by atoms with E-state index in [0.717, 1.165) is 5.56 Å². The summed E-state index contributed by atoms with van der Waals surface area (Å²) in [6.07, 6.45) is -6.31. The van der Waals surface area contributed by atoms with Crippen molar-refractivity contribution in [3.8, 4) is 5.75 Å². The molecule has 0 saturated carbocycles. The second-order valence-electron chi connectivity index (χ2n) is 4.58. The molecule has 0 aliphatic carbocycles. The fraction of sp³-hybridized carbons (Fsp3) is 0.538. The highest BCUT2D eigenvalue weighted by atomic mass is 16.7. The molecule has 6 heteroatoms. The van der Waals surface area contributed by atoms with E-state index in [1.807, 2.05) is 19.1 Å². The molecular formula is C13H18O6. The molecule has 5 atom stereocenters. The van der Waals surface area contributed by atoms with Crippen LogP contribution in [0.4, 0.5) is 0 Å². The molecule has 0 unspecified atom stereocenters. The van der Waals surface area contributed by atoms with E-state index in [-0.39, 0.29) is 0 Å². The lowest BCUT2D eigenvalue weighted by Gasteiger charge is -2.39. The summed E-state index contributed by atoms with van der Waals surface area (Å²) < 4.78 is 10.8. The minimum Gasteiger partial charge on any atom is -0.462 e. The molecule has 1 aliphatic rings. The van der Waals surface area contributed by atoms with Gasteiger partial charge in [0.1, 0.15) is 30.2 Å². The Balaban J connectivity index is 2.13. The zero-order valence-corrected chi connectivity index (χ0v) is 10.5. The van der Waals surface area contributed by atoms with E-state index < -0.39 is 37.3 Å². The van der Waals surface area contributed by atoms with Crippen molar-refractivity contribution in [3.63, 3.8) is 0 Å². The van der Waals surface area contributed by atoms with Crippen molar-refractivity contribution in [2.24, 2.45) is 0 Å². The van der Waals surface area contributed by atoms with Gasteiger partial charge in [0.2, 0.25) is 6.29 Å². The van der Waals surface area contributed by atoms with E-state index in [0.29, 0.717) is 5.75 Å². The highest BCUT2D eigenvalue weighted by molar-refractivity contribution is 5.31. The van der Waals surface area contributed by atoms with Gasteiger partial charge in [0.05, 0.1) is 6.61 Å². The molecule has 106 valence electrons. The number of hydrogen-bond acceptors (Lipinski definition) is 6. The average Bonchev–Trinajstić information content (AvgIpc) is 2.41. The third-order valence-corrected chi connectivity index (χ3v) is 3.19. The molecule has 6 nitrogen and oxygen atoms in total. The van der Waals surface area contributed by atoms with Gasteiger partial charge in [-0.2, -0.15) is 0 Å². The molecule has 1 saturated heterocycles. The third kappa shape index (κ3) is 2.88. The minimum absolute atomic E-state index is 0.474. The van der Waals surface area contributed by atoms with Crippen molar-refractivity contribution in [3.05, 3.63) is 29.8 Å². The summed E-state index contributed by atoms with van der Waals surface area (Å²) in [6, 6.07) is 7.15. The van der Waals surface area contributed by atoms with Crippen LogP contribution in [0.1, 0.15) is 5.56 Å². The third-order valence-electron chi connectivity index (χ3n) is 3.19. The van der Waals surface area contributed by atoms with Gasteiger partial charge in [-0.3, -0.25) is 0 Å². The second kappa shape index (κ2) is 5.85. The summed E-state index contributed by atoms with van der Waals surface area (Å²) in [5.41, 5.74) is 0.847. The highest BCUT2D eigenvalue weighted by Gasteiger charge is 2.44. The maximum absolute atomic E-state index is 9.83. The quantitative estimate of drug-likeness (QED) is 0.572. The number of para-hydroxylation sites is 1. The fourth-order valence-corrected chi connectivity index (χ4v) is 1.98. The number of rotatable bonds is 3. The predicted octanol–water partition coefficient (Wildman–Crippen LogP) is -0.826. The Morgan fingerprint density at radius 1 is 1.11 bits per heavy atom. The van der Waals surface area contributed by atoms with Crippen molar-refractivity contribution in [2.75, 3.05) is 6.61 Å². The molecule has 0 radical (unpaired) electrons. The summed E-state index contributed by atoms with van der Waals surface area (Å²) in [7, 11) is 0. The van der Waals surface area contributed by atoms with Crippen LogP contribution >= 0.6 is 0 Å². The van der Waals surface area contributed by atoms with E-state index in [2.05, 4.69) is 0 Å². The van der Waals surface area contributed by atoms with E-state index in [4.69, 9.17) is 14.6 Å². The zero-order chi connectivity index (χ0) is 14.0. The molecule has 2 rings (SSSR count). The van der Waals surface area contributed by atoms with Crippen molar-refractivity contribution < 1.29 is 29.9 Å². The van der Waals surface area contributed by atoms with Gasteiger partial charge in [0.25, 0.3) is 0 Å². The predicted molar refractivity (Wildman–Crippen MR) is 65.6 cm³/mol. The summed E-state index contributed by atoms with van der Waals surface area (Å²) in [4.78, 5) is 0. The molecule has 0 aromatic heterocycles. The number of hydrogen-bond donors (Lipinski definition) is 4. The SMILES string of the molecule is Cc1ccccc1O[C@@H]1O[C@@H](CO)[C@@H](O)[C@@H](O)[C@@H]1O. The van der Waals surface area contributed by atoms with E-state index >= 15 is 0 Å². The number of aliphatic hydroxyl groups excluding tert-OH is 4. The molecule has 0 amide bonds. The van der Waals surface area contributed by atoms with Crippen LogP contribution in [0.15, 0.2) is 24.3 Å². The van der Waals surface area contributed by atoms with E-state index in [1.54, 1.807) is 12.1 Å². The Labute approximate surface area is 110 Å². The molecule has 4 N–H and O–H groups in total. The van der Waals surface area contributed by atoms with Crippen molar-refractivity contribution in [1.29, 1.82) is 0 Å². The summed E-state index contributed by atoms with van der Waals surface area (Å²) in [6.45, 7) is 1.36. The van der Waals surface area contributed by atoms with E-state index in [9.17, 15) is 15.3 Å². The molecule has 0 bridgehead atoms. The zero-order valence-electron chi connectivity index (χ0n) is 10.5. The second-order valence-corrected chi connectivity index (χ2v) is 4.58. The van der Waals surface area contributed by atoms with Gasteiger partial charge >= 0.3 is 0 Å². The van der Waals surface area contributed by atoms with Crippen LogP contribution in [0.3, 0.4) is 0 Å². The summed E-state index contributed by atoms with van der Waals surface area (Å²) >= 11 is 0. The van der Waals surface area contributed by atoms with E-state index in [1.165, 1.54) is 0 Å². The van der Waals surface area contributed by atoms with Crippen LogP contribution in [0.25, 0.3) is 0 Å². The molecular weight excluding hydrogens is 252 g/mol. The first-order chi connectivity index (χ1) is 9.04. The van der Waals surface area contributed by atoms with Gasteiger partial charge in [-0.25, -0.2) is 0 Å². The smallest absolute Gasteiger partial charge is 0.229 e. The summed E-state index contributed by atoms with van der Waals surface area (Å²) in [5.74, 6) is 0.506. The van der Waals surface area contributed by atoms with Crippen LogP contribution < -0.4 is 4.74 Å². The lowest BCUT2D eigenvalue weighted by atomic mass is 9.99. The standard InChI is InChI=1S/C13H18O6/c1-7-4-2-3-5-8(7)18-13-12(17)11(16)10(15)9(6-14)19-13/h2-5,9-17H,6H2,1H3/t9-,10+,11+,12-,13+/m0/s1. The first-order valence-corrected chi connectivity index (χ1v) is 6.07.